The van der Waals surface area contributed by atoms with Crippen LogP contribution in [0.4, 0.5) is 0 Å². The second kappa shape index (κ2) is 4.93. The lowest BCUT2D eigenvalue weighted by Gasteiger charge is -2.08. The average molecular weight is 301 g/mol. The molecule has 0 fully saturated rings. The molecule has 0 radical (unpaired) electrons. The molecule has 0 aliphatic heterocycles. The molecule has 0 atom stereocenters. The zero-order valence-electron chi connectivity index (χ0n) is 11.8. The van der Waals surface area contributed by atoms with Gasteiger partial charge in [0, 0.05) is 17.6 Å². The number of nitrogens with zero attached hydrogens (tertiary/aromatic N) is 1. The number of aryl methyl sites for hydroxylation is 1. The maximum Gasteiger partial charge on any atom is 0.268 e. The fourth-order valence-corrected chi connectivity index (χ4v) is 3.59. The molecule has 0 spiro atoms. The molecule has 1 heterocycles. The average Bonchev–Trinajstić information content (AvgIpc) is 2.91. The van der Waals surface area contributed by atoms with Crippen molar-refractivity contribution >= 4 is 20.9 Å². The molecule has 1 aromatic heterocycles. The Labute approximate surface area is 123 Å². The van der Waals surface area contributed by atoms with Gasteiger partial charge in [-0.3, -0.25) is 0 Å². The van der Waals surface area contributed by atoms with Gasteiger partial charge in [0.15, 0.2) is 0 Å². The highest BCUT2D eigenvalue weighted by molar-refractivity contribution is 7.90. The van der Waals surface area contributed by atoms with E-state index in [-0.39, 0.29) is 4.90 Å². The van der Waals surface area contributed by atoms with Crippen LogP contribution in [0.2, 0.25) is 0 Å². The van der Waals surface area contributed by atoms with E-state index >= 15 is 0 Å². The summed E-state index contributed by atoms with van der Waals surface area (Å²) in [5.74, 6) is 0.626. The Hall–Kier alpha value is -2.27. The van der Waals surface area contributed by atoms with E-state index < -0.39 is 10.0 Å². The fraction of sp³-hybridized carbons (Fsp3) is 0.125. The van der Waals surface area contributed by atoms with Gasteiger partial charge in [0.05, 0.1) is 17.5 Å². The highest BCUT2D eigenvalue weighted by Gasteiger charge is 2.18. The summed E-state index contributed by atoms with van der Waals surface area (Å²) in [7, 11) is -2.04. The number of fused-ring (bicyclic) bond motifs is 1. The Balaban J connectivity index is 2.21. The minimum absolute atomic E-state index is 0.272. The van der Waals surface area contributed by atoms with Crippen molar-refractivity contribution in [2.75, 3.05) is 7.11 Å². The summed E-state index contributed by atoms with van der Waals surface area (Å²) >= 11 is 0. The molecule has 0 unspecified atom stereocenters. The van der Waals surface area contributed by atoms with Gasteiger partial charge < -0.3 is 4.74 Å². The molecule has 3 rings (SSSR count). The van der Waals surface area contributed by atoms with E-state index in [1.165, 1.54) is 3.97 Å². The molecule has 2 aromatic carbocycles. The number of ether oxygens (including phenoxy) is 1. The highest BCUT2D eigenvalue weighted by Crippen LogP contribution is 2.25. The molecule has 4 nitrogen and oxygen atoms in total. The van der Waals surface area contributed by atoms with Crippen molar-refractivity contribution < 1.29 is 13.2 Å². The van der Waals surface area contributed by atoms with Crippen LogP contribution in [0.25, 0.3) is 10.9 Å². The van der Waals surface area contributed by atoms with Crippen LogP contribution < -0.4 is 4.74 Å². The normalized spacial score (nSPS) is 11.7. The molecule has 108 valence electrons. The van der Waals surface area contributed by atoms with E-state index in [0.717, 1.165) is 10.9 Å². The van der Waals surface area contributed by atoms with Crippen LogP contribution in [0.15, 0.2) is 59.6 Å². The largest absolute Gasteiger partial charge is 0.497 e. The molecule has 0 saturated heterocycles. The fourth-order valence-electron chi connectivity index (χ4n) is 2.24. The predicted octanol–water partition coefficient (Wildman–Crippen LogP) is 3.20. The van der Waals surface area contributed by atoms with Gasteiger partial charge in [-0.1, -0.05) is 17.7 Å². The number of methoxy groups -OCH3 is 1. The smallest absolute Gasteiger partial charge is 0.268 e. The van der Waals surface area contributed by atoms with Gasteiger partial charge in [-0.25, -0.2) is 12.4 Å². The van der Waals surface area contributed by atoms with Gasteiger partial charge in [0.2, 0.25) is 0 Å². The molecule has 0 amide bonds. The summed E-state index contributed by atoms with van der Waals surface area (Å²) in [6.07, 6.45) is 1.57. The first-order chi connectivity index (χ1) is 10.0. The van der Waals surface area contributed by atoms with Crippen molar-refractivity contribution in [1.29, 1.82) is 0 Å². The number of benzene rings is 2. The Morgan fingerprint density at radius 2 is 1.71 bits per heavy atom. The highest BCUT2D eigenvalue weighted by atomic mass is 32.2. The third kappa shape index (κ3) is 2.29. The number of rotatable bonds is 3. The molecule has 0 aliphatic carbocycles. The molecule has 21 heavy (non-hydrogen) atoms. The molecule has 3 aromatic rings. The van der Waals surface area contributed by atoms with Crippen molar-refractivity contribution in [2.24, 2.45) is 0 Å². The van der Waals surface area contributed by atoms with Crippen LogP contribution in [-0.4, -0.2) is 19.5 Å². The summed E-state index contributed by atoms with van der Waals surface area (Å²) in [4.78, 5) is 0.272. The Morgan fingerprint density at radius 1 is 1.00 bits per heavy atom. The topological polar surface area (TPSA) is 48.3 Å². The van der Waals surface area contributed by atoms with Crippen LogP contribution in [0, 0.1) is 6.92 Å². The second-order valence-electron chi connectivity index (χ2n) is 4.85. The first-order valence-electron chi connectivity index (χ1n) is 6.50. The maximum absolute atomic E-state index is 12.7. The van der Waals surface area contributed by atoms with Crippen molar-refractivity contribution in [1.82, 2.24) is 3.97 Å². The molecule has 5 heteroatoms. The Morgan fingerprint density at radius 3 is 2.38 bits per heavy atom. The van der Waals surface area contributed by atoms with Gasteiger partial charge in [-0.15, -0.1) is 0 Å². The minimum Gasteiger partial charge on any atom is -0.497 e. The van der Waals surface area contributed by atoms with Gasteiger partial charge in [-0.05, 0) is 37.3 Å². The van der Waals surface area contributed by atoms with Crippen molar-refractivity contribution in [3.63, 3.8) is 0 Å². The summed E-state index contributed by atoms with van der Waals surface area (Å²) in [5, 5.41) is 0.853. The summed E-state index contributed by atoms with van der Waals surface area (Å²) in [6.45, 7) is 1.92. The van der Waals surface area contributed by atoms with Crippen LogP contribution in [0.3, 0.4) is 0 Å². The molecular weight excluding hydrogens is 286 g/mol. The number of hydrogen-bond acceptors (Lipinski definition) is 3. The van der Waals surface area contributed by atoms with Crippen molar-refractivity contribution in [3.8, 4) is 5.75 Å². The predicted molar refractivity (Wildman–Crippen MR) is 82.3 cm³/mol. The van der Waals surface area contributed by atoms with Crippen LogP contribution >= 0.6 is 0 Å². The lowest BCUT2D eigenvalue weighted by molar-refractivity contribution is 0.415. The minimum atomic E-state index is -3.60. The zero-order valence-corrected chi connectivity index (χ0v) is 12.6. The second-order valence-corrected chi connectivity index (χ2v) is 6.67. The quantitative estimate of drug-likeness (QED) is 0.746. The van der Waals surface area contributed by atoms with E-state index in [1.54, 1.807) is 49.7 Å². The molecule has 0 aliphatic rings. The van der Waals surface area contributed by atoms with Crippen LogP contribution in [0.5, 0.6) is 5.75 Å². The summed E-state index contributed by atoms with van der Waals surface area (Å²) in [5.41, 5.74) is 1.63. The molecule has 0 saturated carbocycles. The van der Waals surface area contributed by atoms with Gasteiger partial charge in [-0.2, -0.15) is 0 Å². The first kappa shape index (κ1) is 13.7. The number of aromatic nitrogens is 1. The number of hydrogen-bond donors (Lipinski definition) is 0. The Kier molecular flexibility index (Phi) is 3.22. The van der Waals surface area contributed by atoms with Crippen molar-refractivity contribution in [3.05, 3.63) is 60.3 Å². The third-order valence-corrected chi connectivity index (χ3v) is 5.15. The standard InChI is InChI=1S/C16H15NO3S/c1-12-3-7-15(8-4-12)21(18,19)17-10-9-13-5-6-14(20-2)11-16(13)17/h3-11H,1-2H3. The lowest BCUT2D eigenvalue weighted by atomic mass is 10.2. The van der Waals surface area contributed by atoms with Crippen molar-refractivity contribution in [2.45, 2.75) is 11.8 Å². The zero-order chi connectivity index (χ0) is 15.0. The van der Waals surface area contributed by atoms with Crippen LogP contribution in [0.1, 0.15) is 5.56 Å². The third-order valence-electron chi connectivity index (χ3n) is 3.44. The SMILES string of the molecule is COc1ccc2ccn(S(=O)(=O)c3ccc(C)cc3)c2c1. The Bertz CT molecular complexity index is 893. The molecular formula is C16H15NO3S. The monoisotopic (exact) mass is 301 g/mol. The first-order valence-corrected chi connectivity index (χ1v) is 7.94. The molecule has 0 bridgehead atoms. The van der Waals surface area contributed by atoms with Gasteiger partial charge >= 0.3 is 0 Å². The van der Waals surface area contributed by atoms with E-state index in [2.05, 4.69) is 0 Å². The van der Waals surface area contributed by atoms with Gasteiger partial charge in [0.1, 0.15) is 5.75 Å². The van der Waals surface area contributed by atoms with E-state index in [9.17, 15) is 8.42 Å². The summed E-state index contributed by atoms with van der Waals surface area (Å²) < 4.78 is 31.9. The lowest BCUT2D eigenvalue weighted by Crippen LogP contribution is -2.11. The van der Waals surface area contributed by atoms with Crippen LogP contribution in [-0.2, 0) is 10.0 Å². The van der Waals surface area contributed by atoms with E-state index in [1.807, 2.05) is 19.1 Å². The maximum atomic E-state index is 12.7. The van der Waals surface area contributed by atoms with E-state index in [4.69, 9.17) is 4.74 Å². The van der Waals surface area contributed by atoms with Gasteiger partial charge in [0.25, 0.3) is 10.0 Å². The summed E-state index contributed by atoms with van der Waals surface area (Å²) in [6, 6.07) is 14.0. The van der Waals surface area contributed by atoms with E-state index in [0.29, 0.717) is 11.3 Å². The molecule has 0 N–H and O–H groups in total.